The average Bonchev–Trinajstić information content (AvgIpc) is 2.62. The van der Waals surface area contributed by atoms with Crippen LogP contribution in [0.15, 0.2) is 5.16 Å². The van der Waals surface area contributed by atoms with Crippen LogP contribution >= 0.6 is 11.8 Å². The summed E-state index contributed by atoms with van der Waals surface area (Å²) in [4.78, 5) is 22.9. The van der Waals surface area contributed by atoms with Crippen molar-refractivity contribution in [2.24, 2.45) is 11.7 Å². The molecule has 3 N–H and O–H groups in total. The van der Waals surface area contributed by atoms with Crippen LogP contribution in [0.2, 0.25) is 0 Å². The summed E-state index contributed by atoms with van der Waals surface area (Å²) in [6, 6.07) is -0.827. The van der Waals surface area contributed by atoms with E-state index >= 15 is 0 Å². The molecule has 21 heavy (non-hydrogen) atoms. The molecule has 1 aliphatic heterocycles. The highest BCUT2D eigenvalue weighted by molar-refractivity contribution is 8.00. The van der Waals surface area contributed by atoms with E-state index in [0.717, 1.165) is 36.8 Å². The normalized spacial score (nSPS) is 16.1. The molecule has 0 radical (unpaired) electrons. The van der Waals surface area contributed by atoms with Crippen molar-refractivity contribution in [2.75, 3.05) is 0 Å². The number of carbonyl (C=O) groups excluding carboxylic acids is 2. The molecule has 2 heterocycles. The molecular weight excluding hydrogens is 290 g/mol. The molecule has 0 aliphatic carbocycles. The van der Waals surface area contributed by atoms with Gasteiger partial charge >= 0.3 is 6.03 Å². The number of primary amides is 1. The highest BCUT2D eigenvalue weighted by Crippen LogP contribution is 2.29. The van der Waals surface area contributed by atoms with Crippen LogP contribution in [-0.2, 0) is 17.8 Å². The molecule has 8 heteroatoms. The summed E-state index contributed by atoms with van der Waals surface area (Å²) < 4.78 is 2.09. The van der Waals surface area contributed by atoms with Gasteiger partial charge in [-0.25, -0.2) is 4.79 Å². The molecule has 0 saturated heterocycles. The van der Waals surface area contributed by atoms with Crippen molar-refractivity contribution in [1.29, 1.82) is 0 Å². The molecule has 1 aliphatic rings. The number of nitrogens with zero attached hydrogens (tertiary/aromatic N) is 3. The van der Waals surface area contributed by atoms with Crippen molar-refractivity contribution in [3.63, 3.8) is 0 Å². The van der Waals surface area contributed by atoms with Crippen molar-refractivity contribution < 1.29 is 9.59 Å². The van der Waals surface area contributed by atoms with E-state index in [1.54, 1.807) is 0 Å². The molecule has 1 atom stereocenters. The van der Waals surface area contributed by atoms with Crippen molar-refractivity contribution in [1.82, 2.24) is 20.1 Å². The minimum absolute atomic E-state index is 0.0491. The third-order valence-corrected chi connectivity index (χ3v) is 4.94. The summed E-state index contributed by atoms with van der Waals surface area (Å²) in [5.41, 5.74) is 5.02. The predicted octanol–water partition coefficient (Wildman–Crippen LogP) is 1.32. The highest BCUT2D eigenvalue weighted by Gasteiger charge is 2.27. The summed E-state index contributed by atoms with van der Waals surface area (Å²) in [5.74, 6) is 0.648. The average molecular weight is 311 g/mol. The fourth-order valence-electron chi connectivity index (χ4n) is 2.34. The zero-order valence-corrected chi connectivity index (χ0v) is 13.2. The van der Waals surface area contributed by atoms with E-state index in [1.165, 1.54) is 18.2 Å². The van der Waals surface area contributed by atoms with Gasteiger partial charge in [0, 0.05) is 13.0 Å². The summed E-state index contributed by atoms with van der Waals surface area (Å²) in [6.45, 7) is 4.74. The first-order chi connectivity index (χ1) is 9.99. The monoisotopic (exact) mass is 311 g/mol. The zero-order valence-electron chi connectivity index (χ0n) is 12.3. The van der Waals surface area contributed by atoms with Gasteiger partial charge in [0.25, 0.3) is 0 Å². The fraction of sp³-hybridized carbons (Fsp3) is 0.692. The Bertz CT molecular complexity index is 529. The van der Waals surface area contributed by atoms with Crippen LogP contribution in [0.4, 0.5) is 4.79 Å². The number of carbonyl (C=O) groups is 2. The molecule has 116 valence electrons. The van der Waals surface area contributed by atoms with Crippen LogP contribution in [0.1, 0.15) is 38.9 Å². The number of thioether (sulfide) groups is 1. The summed E-state index contributed by atoms with van der Waals surface area (Å²) in [7, 11) is 0. The standard InChI is InChI=1S/C13H21N5O2S/c1-8(2)10(11(19)15-12(14)20)21-13-17-16-9-6-4-3-5-7-18(9)13/h8,10H,3-7H2,1-2H3,(H3,14,15,19,20)/t10-/m1/s1. The Kier molecular flexibility index (Phi) is 5.22. The first kappa shape index (κ1) is 15.8. The van der Waals surface area contributed by atoms with E-state index in [-0.39, 0.29) is 11.8 Å². The van der Waals surface area contributed by atoms with Crippen molar-refractivity contribution in [2.45, 2.75) is 56.5 Å². The Morgan fingerprint density at radius 1 is 1.29 bits per heavy atom. The SMILES string of the molecule is CC(C)[C@@H](Sc1nnc2n1CCCCC2)C(=O)NC(N)=O. The summed E-state index contributed by atoms with van der Waals surface area (Å²) >= 11 is 1.35. The van der Waals surface area contributed by atoms with E-state index in [1.807, 2.05) is 13.8 Å². The Labute approximate surface area is 128 Å². The number of hydrogen-bond acceptors (Lipinski definition) is 5. The van der Waals surface area contributed by atoms with E-state index < -0.39 is 11.3 Å². The lowest BCUT2D eigenvalue weighted by molar-refractivity contribution is -0.120. The van der Waals surface area contributed by atoms with E-state index in [2.05, 4.69) is 20.1 Å². The molecule has 0 aromatic carbocycles. The van der Waals surface area contributed by atoms with Crippen molar-refractivity contribution in [3.05, 3.63) is 5.82 Å². The summed E-state index contributed by atoms with van der Waals surface area (Å²) in [6.07, 6.45) is 4.33. The van der Waals surface area contributed by atoms with Gasteiger partial charge in [-0.1, -0.05) is 32.0 Å². The molecule has 1 aromatic rings. The topological polar surface area (TPSA) is 103 Å². The van der Waals surface area contributed by atoms with Crippen LogP contribution in [-0.4, -0.2) is 32.0 Å². The van der Waals surface area contributed by atoms with Gasteiger partial charge in [0.1, 0.15) is 5.82 Å². The van der Waals surface area contributed by atoms with Gasteiger partial charge in [0.05, 0.1) is 5.25 Å². The van der Waals surface area contributed by atoms with Crippen LogP contribution < -0.4 is 11.1 Å². The van der Waals surface area contributed by atoms with E-state index in [0.29, 0.717) is 0 Å². The molecule has 7 nitrogen and oxygen atoms in total. The molecule has 0 fully saturated rings. The number of imide groups is 1. The van der Waals surface area contributed by atoms with Gasteiger partial charge in [-0.3, -0.25) is 10.1 Å². The minimum atomic E-state index is -0.827. The molecule has 3 amide bonds. The number of nitrogens with two attached hydrogens (primary N) is 1. The van der Waals surface area contributed by atoms with Gasteiger partial charge in [-0.05, 0) is 18.8 Å². The number of rotatable bonds is 4. The predicted molar refractivity (Wildman–Crippen MR) is 79.8 cm³/mol. The smallest absolute Gasteiger partial charge is 0.318 e. The summed E-state index contributed by atoms with van der Waals surface area (Å²) in [5, 5.41) is 10.9. The number of aryl methyl sites for hydroxylation is 1. The third-order valence-electron chi connectivity index (χ3n) is 3.42. The second-order valence-corrected chi connectivity index (χ2v) is 6.61. The van der Waals surface area contributed by atoms with E-state index in [9.17, 15) is 9.59 Å². The Morgan fingerprint density at radius 2 is 2.05 bits per heavy atom. The number of nitrogens with one attached hydrogen (secondary N) is 1. The first-order valence-electron chi connectivity index (χ1n) is 7.18. The third kappa shape index (κ3) is 3.96. The quantitative estimate of drug-likeness (QED) is 0.816. The number of fused-ring (bicyclic) bond motifs is 1. The molecule has 0 bridgehead atoms. The molecule has 0 saturated carbocycles. The van der Waals surface area contributed by atoms with Crippen LogP contribution in [0.5, 0.6) is 0 Å². The maximum atomic E-state index is 12.1. The van der Waals surface area contributed by atoms with Gasteiger partial charge in [-0.2, -0.15) is 0 Å². The van der Waals surface area contributed by atoms with Gasteiger partial charge in [-0.15, -0.1) is 10.2 Å². The Hall–Kier alpha value is -1.57. The largest absolute Gasteiger partial charge is 0.351 e. The second-order valence-electron chi connectivity index (χ2n) is 5.50. The molecule has 2 rings (SSSR count). The van der Waals surface area contributed by atoms with Gasteiger partial charge < -0.3 is 10.3 Å². The van der Waals surface area contributed by atoms with Gasteiger partial charge in [0.15, 0.2) is 5.16 Å². The maximum absolute atomic E-state index is 12.1. The minimum Gasteiger partial charge on any atom is -0.351 e. The van der Waals surface area contributed by atoms with Crippen molar-refractivity contribution >= 4 is 23.7 Å². The van der Waals surface area contributed by atoms with Crippen molar-refractivity contribution in [3.8, 4) is 0 Å². The Morgan fingerprint density at radius 3 is 2.71 bits per heavy atom. The maximum Gasteiger partial charge on any atom is 0.318 e. The number of urea groups is 1. The first-order valence-corrected chi connectivity index (χ1v) is 8.06. The van der Waals surface area contributed by atoms with Gasteiger partial charge in [0.2, 0.25) is 5.91 Å². The number of amides is 3. The van der Waals surface area contributed by atoms with Crippen LogP contribution in [0, 0.1) is 5.92 Å². The number of hydrogen-bond donors (Lipinski definition) is 2. The lowest BCUT2D eigenvalue weighted by Crippen LogP contribution is -2.42. The molecule has 1 aromatic heterocycles. The fourth-order valence-corrected chi connectivity index (χ4v) is 3.42. The van der Waals surface area contributed by atoms with Crippen LogP contribution in [0.25, 0.3) is 0 Å². The highest BCUT2D eigenvalue weighted by atomic mass is 32.2. The molecular formula is C13H21N5O2S. The zero-order chi connectivity index (χ0) is 15.4. The second kappa shape index (κ2) is 6.93. The lowest BCUT2D eigenvalue weighted by Gasteiger charge is -2.18. The molecule has 0 spiro atoms. The molecule has 0 unspecified atom stereocenters. The van der Waals surface area contributed by atoms with Crippen LogP contribution in [0.3, 0.4) is 0 Å². The number of aromatic nitrogens is 3. The van der Waals surface area contributed by atoms with E-state index in [4.69, 9.17) is 5.73 Å². The lowest BCUT2D eigenvalue weighted by atomic mass is 10.1. The Balaban J connectivity index is 2.15.